The fourth-order valence-electron chi connectivity index (χ4n) is 1.56. The molecule has 4 heteroatoms. The van der Waals surface area contributed by atoms with Gasteiger partial charge in [0.05, 0.1) is 0 Å². The molecular weight excluding hydrogens is 158 g/mol. The van der Waals surface area contributed by atoms with Crippen molar-refractivity contribution >= 4 is 11.9 Å². The fraction of sp³-hybridized carbons (Fsp3) is 0.750. The van der Waals surface area contributed by atoms with E-state index in [2.05, 4.69) is 5.32 Å². The summed E-state index contributed by atoms with van der Waals surface area (Å²) < 4.78 is 0. The number of carbonyl (C=O) groups excluding carboxylic acids is 1. The lowest BCUT2D eigenvalue weighted by Gasteiger charge is -2.16. The second-order valence-electron chi connectivity index (χ2n) is 3.47. The average molecular weight is 171 g/mol. The fourth-order valence-corrected chi connectivity index (χ4v) is 1.56. The number of nitrogens with one attached hydrogen (secondary N) is 1. The predicted octanol–water partition coefficient (Wildman–Crippen LogP) is 0.0892. The van der Waals surface area contributed by atoms with Crippen molar-refractivity contribution in [3.05, 3.63) is 0 Å². The zero-order chi connectivity index (χ0) is 9.30. The van der Waals surface area contributed by atoms with E-state index in [9.17, 15) is 9.59 Å². The third-order valence-corrected chi connectivity index (χ3v) is 2.34. The first-order chi connectivity index (χ1) is 5.54. The number of hydrogen-bond donors (Lipinski definition) is 2. The Balaban J connectivity index is 2.77. The first-order valence-corrected chi connectivity index (χ1v) is 4.04. The molecule has 4 nitrogen and oxygen atoms in total. The molecule has 1 aliphatic heterocycles. The van der Waals surface area contributed by atoms with Gasteiger partial charge in [-0.25, -0.2) is 0 Å². The Morgan fingerprint density at radius 2 is 2.25 bits per heavy atom. The topological polar surface area (TPSA) is 66.4 Å². The van der Waals surface area contributed by atoms with E-state index >= 15 is 0 Å². The largest absolute Gasteiger partial charge is 0.481 e. The number of carbonyl (C=O) groups is 2. The Morgan fingerprint density at radius 3 is 2.58 bits per heavy atom. The third kappa shape index (κ3) is 1.42. The van der Waals surface area contributed by atoms with Crippen LogP contribution in [0.1, 0.15) is 13.8 Å². The molecule has 12 heavy (non-hydrogen) atoms. The molecule has 1 aliphatic rings. The minimum Gasteiger partial charge on any atom is -0.481 e. The zero-order valence-corrected chi connectivity index (χ0v) is 7.20. The monoisotopic (exact) mass is 171 g/mol. The van der Waals surface area contributed by atoms with Crippen LogP contribution in [0.15, 0.2) is 0 Å². The van der Waals surface area contributed by atoms with Crippen LogP contribution < -0.4 is 5.32 Å². The predicted molar refractivity (Wildman–Crippen MR) is 42.5 cm³/mol. The second-order valence-corrected chi connectivity index (χ2v) is 3.47. The molecule has 2 N–H and O–H groups in total. The van der Waals surface area contributed by atoms with Crippen LogP contribution >= 0.6 is 0 Å². The average Bonchev–Trinajstić information content (AvgIpc) is 2.30. The summed E-state index contributed by atoms with van der Waals surface area (Å²) >= 11 is 0. The Kier molecular flexibility index (Phi) is 2.35. The molecule has 2 atom stereocenters. The molecule has 68 valence electrons. The molecule has 1 amide bonds. The van der Waals surface area contributed by atoms with Gasteiger partial charge in [0.2, 0.25) is 5.91 Å². The number of hydrogen-bond acceptors (Lipinski definition) is 2. The summed E-state index contributed by atoms with van der Waals surface area (Å²) in [5.74, 6) is -2.03. The van der Waals surface area contributed by atoms with Crippen molar-refractivity contribution in [3.8, 4) is 0 Å². The zero-order valence-electron chi connectivity index (χ0n) is 7.20. The highest BCUT2D eigenvalue weighted by Gasteiger charge is 2.41. The van der Waals surface area contributed by atoms with Gasteiger partial charge in [-0.3, -0.25) is 9.59 Å². The van der Waals surface area contributed by atoms with Crippen LogP contribution in [0.4, 0.5) is 0 Å². The van der Waals surface area contributed by atoms with Crippen molar-refractivity contribution in [3.63, 3.8) is 0 Å². The Labute approximate surface area is 71.0 Å². The minimum atomic E-state index is -1.01. The summed E-state index contributed by atoms with van der Waals surface area (Å²) in [4.78, 5) is 21.7. The van der Waals surface area contributed by atoms with Gasteiger partial charge < -0.3 is 10.4 Å². The van der Waals surface area contributed by atoms with E-state index in [1.807, 2.05) is 13.8 Å². The van der Waals surface area contributed by atoms with Gasteiger partial charge >= 0.3 is 5.97 Å². The van der Waals surface area contributed by atoms with Crippen molar-refractivity contribution in [1.82, 2.24) is 5.32 Å². The highest BCUT2D eigenvalue weighted by atomic mass is 16.4. The van der Waals surface area contributed by atoms with Crippen molar-refractivity contribution in [2.75, 3.05) is 6.54 Å². The van der Waals surface area contributed by atoms with Crippen LogP contribution in [0.2, 0.25) is 0 Å². The molecule has 1 rings (SSSR count). The van der Waals surface area contributed by atoms with E-state index in [4.69, 9.17) is 5.11 Å². The number of carboxylic acids is 1. The maximum atomic E-state index is 11.0. The van der Waals surface area contributed by atoms with Gasteiger partial charge in [-0.2, -0.15) is 0 Å². The molecule has 2 unspecified atom stereocenters. The van der Waals surface area contributed by atoms with Gasteiger partial charge in [-0.05, 0) is 5.92 Å². The first-order valence-electron chi connectivity index (χ1n) is 4.04. The number of aliphatic carboxylic acids is 1. The first kappa shape index (κ1) is 9.03. The number of amides is 1. The SMILES string of the molecule is CC(C)C1CNC(=O)C1C(=O)O. The van der Waals surface area contributed by atoms with Crippen molar-refractivity contribution in [2.24, 2.45) is 17.8 Å². The Hall–Kier alpha value is -1.06. The van der Waals surface area contributed by atoms with Crippen LogP contribution in [0.3, 0.4) is 0 Å². The Bertz CT molecular complexity index is 212. The van der Waals surface area contributed by atoms with Gasteiger partial charge in [0.25, 0.3) is 0 Å². The lowest BCUT2D eigenvalue weighted by molar-refractivity contribution is -0.147. The maximum absolute atomic E-state index is 11.0. The van der Waals surface area contributed by atoms with E-state index < -0.39 is 11.9 Å². The van der Waals surface area contributed by atoms with Crippen LogP contribution in [0.25, 0.3) is 0 Å². The van der Waals surface area contributed by atoms with Gasteiger partial charge in [-0.15, -0.1) is 0 Å². The molecule has 1 fully saturated rings. The molecular formula is C8H13NO3. The summed E-state index contributed by atoms with van der Waals surface area (Å²) in [5, 5.41) is 11.3. The number of rotatable bonds is 2. The smallest absolute Gasteiger partial charge is 0.316 e. The van der Waals surface area contributed by atoms with Gasteiger partial charge in [0.15, 0.2) is 0 Å². The summed E-state index contributed by atoms with van der Waals surface area (Å²) in [6.07, 6.45) is 0. The van der Waals surface area contributed by atoms with Gasteiger partial charge in [0.1, 0.15) is 5.92 Å². The summed E-state index contributed by atoms with van der Waals surface area (Å²) in [7, 11) is 0. The highest BCUT2D eigenvalue weighted by Crippen LogP contribution is 2.25. The quantitative estimate of drug-likeness (QED) is 0.578. The third-order valence-electron chi connectivity index (χ3n) is 2.34. The maximum Gasteiger partial charge on any atom is 0.316 e. The number of carboxylic acid groups (broad SMARTS) is 1. The van der Waals surface area contributed by atoms with Crippen LogP contribution in [-0.2, 0) is 9.59 Å². The van der Waals surface area contributed by atoms with Crippen LogP contribution in [-0.4, -0.2) is 23.5 Å². The normalized spacial score (nSPS) is 29.1. The van der Waals surface area contributed by atoms with E-state index in [0.717, 1.165) is 0 Å². The van der Waals surface area contributed by atoms with Crippen molar-refractivity contribution in [1.29, 1.82) is 0 Å². The molecule has 0 aromatic heterocycles. The molecule has 0 saturated carbocycles. The summed E-state index contributed by atoms with van der Waals surface area (Å²) in [6.45, 7) is 4.36. The highest BCUT2D eigenvalue weighted by molar-refractivity contribution is 5.98. The van der Waals surface area contributed by atoms with Crippen LogP contribution in [0, 0.1) is 17.8 Å². The molecule has 0 bridgehead atoms. The van der Waals surface area contributed by atoms with Gasteiger partial charge in [-0.1, -0.05) is 13.8 Å². The molecule has 0 aliphatic carbocycles. The molecule has 0 radical (unpaired) electrons. The lowest BCUT2D eigenvalue weighted by Crippen LogP contribution is -2.29. The molecule has 1 saturated heterocycles. The summed E-state index contributed by atoms with van der Waals surface area (Å²) in [6, 6.07) is 0. The lowest BCUT2D eigenvalue weighted by atomic mass is 9.86. The molecule has 0 aromatic rings. The Morgan fingerprint density at radius 1 is 1.67 bits per heavy atom. The van der Waals surface area contributed by atoms with Crippen LogP contribution in [0.5, 0.6) is 0 Å². The molecule has 1 heterocycles. The summed E-state index contributed by atoms with van der Waals surface area (Å²) in [5.41, 5.74) is 0. The van der Waals surface area contributed by atoms with Gasteiger partial charge in [0, 0.05) is 12.5 Å². The minimum absolute atomic E-state index is 0.0602. The van der Waals surface area contributed by atoms with E-state index in [1.54, 1.807) is 0 Å². The van der Waals surface area contributed by atoms with E-state index in [1.165, 1.54) is 0 Å². The van der Waals surface area contributed by atoms with E-state index in [-0.39, 0.29) is 17.7 Å². The van der Waals surface area contributed by atoms with Crippen molar-refractivity contribution in [2.45, 2.75) is 13.8 Å². The standard InChI is InChI=1S/C8H13NO3/c1-4(2)5-3-9-7(10)6(5)8(11)12/h4-6H,3H2,1-2H3,(H,9,10)(H,11,12). The molecule has 0 spiro atoms. The molecule has 0 aromatic carbocycles. The van der Waals surface area contributed by atoms with E-state index in [0.29, 0.717) is 6.54 Å². The van der Waals surface area contributed by atoms with Crippen molar-refractivity contribution < 1.29 is 14.7 Å². The second kappa shape index (κ2) is 3.13.